The minimum atomic E-state index is -4.47. The van der Waals surface area contributed by atoms with Crippen molar-refractivity contribution < 1.29 is 31.5 Å². The van der Waals surface area contributed by atoms with E-state index in [9.17, 15) is 22.0 Å². The molecule has 1 aromatic carbocycles. The first kappa shape index (κ1) is 23.6. The number of halogens is 6. The zero-order valence-corrected chi connectivity index (χ0v) is 17.2. The van der Waals surface area contributed by atoms with Gasteiger partial charge in [-0.15, -0.1) is 0 Å². The Morgan fingerprint density at radius 1 is 1.03 bits per heavy atom. The molecule has 32 heavy (non-hydrogen) atoms. The third-order valence-electron chi connectivity index (χ3n) is 4.27. The molecule has 0 amide bonds. The summed E-state index contributed by atoms with van der Waals surface area (Å²) in [5, 5.41) is 0.976. The van der Waals surface area contributed by atoms with Crippen molar-refractivity contribution in [2.24, 2.45) is 0 Å². The molecule has 170 valence electrons. The standard InChI is InChI=1S/C20H16ClF5N4O2/c1-31-30(19-16(21)17(18(22)23)28-11-29-19)9-8-12-2-5-14(6-3-12)32-15-7-4-13(10-27-15)20(24,25)26/h2-7,10-11,18H,8-9H2,1H3. The lowest BCUT2D eigenvalue weighted by Gasteiger charge is -2.22. The van der Waals surface area contributed by atoms with Gasteiger partial charge < -0.3 is 4.74 Å². The van der Waals surface area contributed by atoms with Crippen LogP contribution in [0.1, 0.15) is 23.2 Å². The van der Waals surface area contributed by atoms with E-state index in [2.05, 4.69) is 15.0 Å². The van der Waals surface area contributed by atoms with E-state index in [0.29, 0.717) is 18.4 Å². The second-order valence-electron chi connectivity index (χ2n) is 6.36. The quantitative estimate of drug-likeness (QED) is 0.300. The van der Waals surface area contributed by atoms with Crippen LogP contribution in [0.25, 0.3) is 0 Å². The molecule has 0 bridgehead atoms. The van der Waals surface area contributed by atoms with E-state index in [1.807, 2.05) is 0 Å². The maximum absolute atomic E-state index is 13.0. The number of hydroxylamine groups is 1. The van der Waals surface area contributed by atoms with Crippen molar-refractivity contribution in [2.75, 3.05) is 18.7 Å². The smallest absolute Gasteiger partial charge is 0.417 e. The Balaban J connectivity index is 1.62. The lowest BCUT2D eigenvalue weighted by atomic mass is 10.1. The van der Waals surface area contributed by atoms with Crippen LogP contribution in [0.4, 0.5) is 27.8 Å². The first-order valence-electron chi connectivity index (χ1n) is 9.09. The molecule has 0 N–H and O–H groups in total. The van der Waals surface area contributed by atoms with Crippen molar-refractivity contribution in [1.82, 2.24) is 15.0 Å². The average molecular weight is 475 g/mol. The summed E-state index contributed by atoms with van der Waals surface area (Å²) < 4.78 is 69.2. The first-order chi connectivity index (χ1) is 15.2. The third-order valence-corrected chi connectivity index (χ3v) is 4.64. The summed E-state index contributed by atoms with van der Waals surface area (Å²) in [4.78, 5) is 16.3. The van der Waals surface area contributed by atoms with Gasteiger partial charge in [0.05, 0.1) is 19.2 Å². The summed E-state index contributed by atoms with van der Waals surface area (Å²) in [7, 11) is 1.36. The number of hydrogen-bond donors (Lipinski definition) is 0. The molecule has 2 aromatic heterocycles. The fraction of sp³-hybridized carbons (Fsp3) is 0.250. The first-order valence-corrected chi connectivity index (χ1v) is 9.47. The van der Waals surface area contributed by atoms with E-state index in [1.165, 1.54) is 12.2 Å². The molecule has 0 saturated heterocycles. The Kier molecular flexibility index (Phi) is 7.41. The summed E-state index contributed by atoms with van der Waals surface area (Å²) in [5.74, 6) is 0.419. The summed E-state index contributed by atoms with van der Waals surface area (Å²) in [6.45, 7) is 0.247. The van der Waals surface area contributed by atoms with Crippen LogP contribution in [0.3, 0.4) is 0 Å². The van der Waals surface area contributed by atoms with Gasteiger partial charge in [0.2, 0.25) is 5.88 Å². The Labute approximate surface area is 184 Å². The minimum Gasteiger partial charge on any atom is -0.439 e. The fourth-order valence-electron chi connectivity index (χ4n) is 2.67. The highest BCUT2D eigenvalue weighted by atomic mass is 35.5. The largest absolute Gasteiger partial charge is 0.439 e. The highest BCUT2D eigenvalue weighted by molar-refractivity contribution is 6.33. The molecule has 0 fully saturated rings. The van der Waals surface area contributed by atoms with Gasteiger partial charge in [0.1, 0.15) is 22.8 Å². The SMILES string of the molecule is CON(CCc1ccc(Oc2ccc(C(F)(F)F)cn2)cc1)c1ncnc(C(F)F)c1Cl. The number of benzene rings is 1. The molecule has 6 nitrogen and oxygen atoms in total. The van der Waals surface area contributed by atoms with Crippen LogP contribution in [-0.2, 0) is 17.4 Å². The maximum Gasteiger partial charge on any atom is 0.417 e. The Hall–Kier alpha value is -3.05. The summed E-state index contributed by atoms with van der Waals surface area (Å²) in [6, 6.07) is 8.73. The van der Waals surface area contributed by atoms with Gasteiger partial charge >= 0.3 is 6.18 Å². The van der Waals surface area contributed by atoms with Gasteiger partial charge in [0, 0.05) is 12.3 Å². The molecule has 0 aliphatic carbocycles. The molecule has 0 unspecified atom stereocenters. The van der Waals surface area contributed by atoms with Crippen molar-refractivity contribution in [1.29, 1.82) is 0 Å². The van der Waals surface area contributed by atoms with Gasteiger partial charge in [-0.2, -0.15) is 13.2 Å². The Bertz CT molecular complexity index is 1030. The summed E-state index contributed by atoms with van der Waals surface area (Å²) >= 11 is 5.98. The lowest BCUT2D eigenvalue weighted by molar-refractivity contribution is -0.137. The Morgan fingerprint density at radius 3 is 2.31 bits per heavy atom. The zero-order chi connectivity index (χ0) is 23.3. The summed E-state index contributed by atoms with van der Waals surface area (Å²) in [6.07, 6.45) is -5.21. The second-order valence-corrected chi connectivity index (χ2v) is 6.74. The van der Waals surface area contributed by atoms with Gasteiger partial charge in [-0.05, 0) is 30.2 Å². The van der Waals surface area contributed by atoms with E-state index in [1.54, 1.807) is 24.3 Å². The minimum absolute atomic E-state index is 0.0181. The van der Waals surface area contributed by atoms with Crippen LogP contribution >= 0.6 is 11.6 Å². The van der Waals surface area contributed by atoms with Crippen LogP contribution in [0.2, 0.25) is 5.02 Å². The number of rotatable bonds is 8. The number of pyridine rings is 1. The molecule has 0 saturated carbocycles. The monoisotopic (exact) mass is 474 g/mol. The second kappa shape index (κ2) is 10.0. The highest BCUT2D eigenvalue weighted by Gasteiger charge is 2.30. The molecular weight excluding hydrogens is 459 g/mol. The van der Waals surface area contributed by atoms with Crippen molar-refractivity contribution in [3.05, 3.63) is 70.8 Å². The molecule has 0 atom stereocenters. The molecule has 2 heterocycles. The number of ether oxygens (including phenoxy) is 1. The van der Waals surface area contributed by atoms with Crippen LogP contribution in [0.15, 0.2) is 48.9 Å². The van der Waals surface area contributed by atoms with Crippen molar-refractivity contribution in [2.45, 2.75) is 19.0 Å². The van der Waals surface area contributed by atoms with Gasteiger partial charge in [-0.25, -0.2) is 28.8 Å². The molecule has 0 spiro atoms. The number of nitrogens with zero attached hydrogens (tertiary/aromatic N) is 4. The molecular formula is C20H16ClF5N4O2. The Morgan fingerprint density at radius 2 is 1.75 bits per heavy atom. The molecule has 12 heteroatoms. The fourth-order valence-corrected chi connectivity index (χ4v) is 2.94. The van der Waals surface area contributed by atoms with Gasteiger partial charge in [0.15, 0.2) is 5.82 Å². The number of anilines is 1. The predicted octanol–water partition coefficient (Wildman–Crippen LogP) is 5.88. The maximum atomic E-state index is 13.0. The van der Waals surface area contributed by atoms with Gasteiger partial charge in [0.25, 0.3) is 6.43 Å². The van der Waals surface area contributed by atoms with Crippen molar-refractivity contribution >= 4 is 17.4 Å². The zero-order valence-electron chi connectivity index (χ0n) is 16.5. The predicted molar refractivity (Wildman–Crippen MR) is 106 cm³/mol. The lowest BCUT2D eigenvalue weighted by Crippen LogP contribution is -2.26. The molecule has 3 rings (SSSR count). The average Bonchev–Trinajstić information content (AvgIpc) is 2.76. The van der Waals surface area contributed by atoms with E-state index in [0.717, 1.165) is 24.0 Å². The van der Waals surface area contributed by atoms with Gasteiger partial charge in [-0.3, -0.25) is 4.84 Å². The van der Waals surface area contributed by atoms with Crippen LogP contribution in [-0.4, -0.2) is 28.6 Å². The van der Waals surface area contributed by atoms with Crippen LogP contribution in [0.5, 0.6) is 11.6 Å². The normalized spacial score (nSPS) is 11.6. The van der Waals surface area contributed by atoms with Crippen molar-refractivity contribution in [3.8, 4) is 11.6 Å². The van der Waals surface area contributed by atoms with E-state index in [4.69, 9.17) is 21.2 Å². The van der Waals surface area contributed by atoms with Crippen LogP contribution in [0, 0.1) is 0 Å². The molecule has 0 radical (unpaired) electrons. The van der Waals surface area contributed by atoms with E-state index < -0.39 is 23.9 Å². The van der Waals surface area contributed by atoms with Crippen molar-refractivity contribution in [3.63, 3.8) is 0 Å². The van der Waals surface area contributed by atoms with Crippen LogP contribution < -0.4 is 9.80 Å². The summed E-state index contributed by atoms with van der Waals surface area (Å²) in [5.41, 5.74) is -0.608. The van der Waals surface area contributed by atoms with E-state index in [-0.39, 0.29) is 23.3 Å². The highest BCUT2D eigenvalue weighted by Crippen LogP contribution is 2.32. The molecule has 3 aromatic rings. The number of alkyl halides is 5. The number of aromatic nitrogens is 3. The molecule has 0 aliphatic rings. The van der Waals surface area contributed by atoms with E-state index >= 15 is 0 Å². The van der Waals surface area contributed by atoms with Gasteiger partial charge in [-0.1, -0.05) is 23.7 Å². The molecule has 0 aliphatic heterocycles. The third kappa shape index (κ3) is 5.80. The number of hydrogen-bond acceptors (Lipinski definition) is 6. The topological polar surface area (TPSA) is 60.4 Å².